The highest BCUT2D eigenvalue weighted by Gasteiger charge is 2.30. The van der Waals surface area contributed by atoms with Crippen molar-refractivity contribution in [2.75, 3.05) is 39.5 Å². The molecule has 0 aromatic rings. The summed E-state index contributed by atoms with van der Waals surface area (Å²) in [5, 5.41) is 37.9. The summed E-state index contributed by atoms with van der Waals surface area (Å²) in [4.78, 5) is 16.6. The Morgan fingerprint density at radius 2 is 1.89 bits per heavy atom. The van der Waals surface area contributed by atoms with Crippen LogP contribution >= 0.6 is 0 Å². The van der Waals surface area contributed by atoms with E-state index in [1.807, 2.05) is 0 Å². The van der Waals surface area contributed by atoms with Gasteiger partial charge in [0.25, 0.3) is 0 Å². The van der Waals surface area contributed by atoms with Gasteiger partial charge < -0.3 is 25.2 Å². The van der Waals surface area contributed by atoms with E-state index in [0.717, 1.165) is 0 Å². The van der Waals surface area contributed by atoms with Crippen molar-refractivity contribution in [2.45, 2.75) is 18.3 Å². The molecule has 8 nitrogen and oxygen atoms in total. The third-order valence-corrected chi connectivity index (χ3v) is 2.59. The Hall–Kier alpha value is -0.610. The average molecular weight is 265 g/mol. The second kappa shape index (κ2) is 7.74. The lowest BCUT2D eigenvalue weighted by molar-refractivity contribution is -0.200. The fourth-order valence-electron chi connectivity index (χ4n) is 1.42. The fraction of sp³-hybridized carbons (Fsp3) is 0.900. The number of Topliss-reactive ketones (excluding diaryl/α,β-unsaturated/α-hetero) is 1. The molecule has 8 heteroatoms. The Morgan fingerprint density at radius 1 is 1.28 bits per heavy atom. The van der Waals surface area contributed by atoms with Crippen molar-refractivity contribution in [3.05, 3.63) is 0 Å². The quantitative estimate of drug-likeness (QED) is 0.382. The number of nitrogens with zero attached hydrogens (tertiary/aromatic N) is 1. The first-order valence-electron chi connectivity index (χ1n) is 5.69. The summed E-state index contributed by atoms with van der Waals surface area (Å²) in [6.45, 7) is 0.897. The predicted octanol–water partition coefficient (Wildman–Crippen LogP) is -3.11. The standard InChI is InChI=1S/C10H19NO7/c12-5-7(13)9(15)10(16)8(14)6-18-11-1-3-17-4-2-11/h7,9-10,12-13,15-16H,1-6H2/t7-,9-,10-/m1/s1. The average Bonchev–Trinajstić information content (AvgIpc) is 2.43. The second-order valence-corrected chi connectivity index (χ2v) is 3.97. The van der Waals surface area contributed by atoms with Crippen LogP contribution in [0.15, 0.2) is 0 Å². The Morgan fingerprint density at radius 3 is 2.44 bits per heavy atom. The number of aliphatic hydroxyl groups is 4. The number of morpholine rings is 1. The molecule has 0 aromatic heterocycles. The molecule has 1 aliphatic heterocycles. The lowest BCUT2D eigenvalue weighted by Crippen LogP contribution is -2.46. The zero-order valence-corrected chi connectivity index (χ0v) is 9.94. The SMILES string of the molecule is O=C(CON1CCOCC1)[C@@H](O)[C@H](O)[C@H](O)CO. The molecule has 1 rings (SSSR count). The predicted molar refractivity (Wildman–Crippen MR) is 58.5 cm³/mol. The number of ether oxygens (including phenoxy) is 1. The molecule has 0 aliphatic carbocycles. The van der Waals surface area contributed by atoms with Gasteiger partial charge in [0.05, 0.1) is 19.8 Å². The third-order valence-electron chi connectivity index (χ3n) is 2.59. The van der Waals surface area contributed by atoms with E-state index in [9.17, 15) is 15.0 Å². The summed E-state index contributed by atoms with van der Waals surface area (Å²) in [5.41, 5.74) is 0. The number of hydrogen-bond donors (Lipinski definition) is 4. The van der Waals surface area contributed by atoms with E-state index >= 15 is 0 Å². The van der Waals surface area contributed by atoms with Crippen LogP contribution in [-0.4, -0.2) is 89.1 Å². The van der Waals surface area contributed by atoms with Gasteiger partial charge in [-0.2, -0.15) is 5.06 Å². The molecule has 0 aromatic carbocycles. The van der Waals surface area contributed by atoms with Crippen molar-refractivity contribution in [3.8, 4) is 0 Å². The van der Waals surface area contributed by atoms with Gasteiger partial charge in [-0.15, -0.1) is 0 Å². The lowest BCUT2D eigenvalue weighted by Gasteiger charge is -2.26. The molecular weight excluding hydrogens is 246 g/mol. The molecule has 0 unspecified atom stereocenters. The number of aliphatic hydroxyl groups excluding tert-OH is 4. The Bertz CT molecular complexity index is 257. The molecular formula is C10H19NO7. The lowest BCUT2D eigenvalue weighted by atomic mass is 10.1. The van der Waals surface area contributed by atoms with Crippen LogP contribution in [0.1, 0.15) is 0 Å². The molecule has 1 heterocycles. The zero-order chi connectivity index (χ0) is 13.5. The van der Waals surface area contributed by atoms with Crippen LogP contribution < -0.4 is 0 Å². The van der Waals surface area contributed by atoms with Crippen LogP contribution in [0.3, 0.4) is 0 Å². The first-order chi connectivity index (χ1) is 8.56. The normalized spacial score (nSPS) is 22.4. The van der Waals surface area contributed by atoms with Crippen molar-refractivity contribution >= 4 is 5.78 Å². The van der Waals surface area contributed by atoms with Crippen molar-refractivity contribution in [3.63, 3.8) is 0 Å². The van der Waals surface area contributed by atoms with E-state index in [-0.39, 0.29) is 0 Å². The molecule has 0 spiro atoms. The summed E-state index contributed by atoms with van der Waals surface area (Å²) in [7, 11) is 0. The number of carbonyl (C=O) groups is 1. The fourth-order valence-corrected chi connectivity index (χ4v) is 1.42. The van der Waals surface area contributed by atoms with Crippen LogP contribution in [-0.2, 0) is 14.4 Å². The van der Waals surface area contributed by atoms with Crippen molar-refractivity contribution in [2.24, 2.45) is 0 Å². The molecule has 0 amide bonds. The van der Waals surface area contributed by atoms with Gasteiger partial charge in [0, 0.05) is 13.1 Å². The van der Waals surface area contributed by atoms with Crippen molar-refractivity contribution < 1.29 is 34.8 Å². The van der Waals surface area contributed by atoms with Gasteiger partial charge in [-0.05, 0) is 0 Å². The molecule has 1 saturated heterocycles. The van der Waals surface area contributed by atoms with E-state index in [0.29, 0.717) is 26.3 Å². The van der Waals surface area contributed by atoms with E-state index in [1.165, 1.54) is 5.06 Å². The minimum absolute atomic E-state index is 0.406. The van der Waals surface area contributed by atoms with Gasteiger partial charge in [-0.3, -0.25) is 9.63 Å². The topological polar surface area (TPSA) is 120 Å². The molecule has 0 radical (unpaired) electrons. The summed E-state index contributed by atoms with van der Waals surface area (Å²) in [6.07, 6.45) is -5.07. The van der Waals surface area contributed by atoms with E-state index < -0.39 is 37.3 Å². The number of rotatable bonds is 7. The number of hydrogen-bond acceptors (Lipinski definition) is 8. The molecule has 4 N–H and O–H groups in total. The zero-order valence-electron chi connectivity index (χ0n) is 9.94. The Balaban J connectivity index is 2.30. The maximum Gasteiger partial charge on any atom is 0.191 e. The first-order valence-corrected chi connectivity index (χ1v) is 5.69. The molecule has 3 atom stereocenters. The smallest absolute Gasteiger partial charge is 0.191 e. The highest BCUT2D eigenvalue weighted by atomic mass is 16.7. The number of hydroxylamine groups is 2. The van der Waals surface area contributed by atoms with Gasteiger partial charge >= 0.3 is 0 Å². The van der Waals surface area contributed by atoms with E-state index in [4.69, 9.17) is 19.8 Å². The molecule has 18 heavy (non-hydrogen) atoms. The minimum Gasteiger partial charge on any atom is -0.394 e. The van der Waals surface area contributed by atoms with Crippen LogP contribution in [0.2, 0.25) is 0 Å². The number of ketones is 1. The summed E-state index contributed by atoms with van der Waals surface area (Å²) >= 11 is 0. The highest BCUT2D eigenvalue weighted by Crippen LogP contribution is 2.03. The van der Waals surface area contributed by atoms with Gasteiger partial charge in [-0.25, -0.2) is 0 Å². The summed E-state index contributed by atoms with van der Waals surface area (Å²) < 4.78 is 5.08. The Labute approximate surface area is 104 Å². The van der Waals surface area contributed by atoms with E-state index in [2.05, 4.69) is 0 Å². The number of carbonyl (C=O) groups excluding carboxylic acids is 1. The second-order valence-electron chi connectivity index (χ2n) is 3.97. The molecule has 1 fully saturated rings. The maximum atomic E-state index is 11.5. The van der Waals surface area contributed by atoms with Crippen LogP contribution in [0.5, 0.6) is 0 Å². The van der Waals surface area contributed by atoms with Gasteiger partial charge in [0.15, 0.2) is 5.78 Å². The highest BCUT2D eigenvalue weighted by molar-refractivity contribution is 5.84. The van der Waals surface area contributed by atoms with Gasteiger partial charge in [0.1, 0.15) is 24.9 Å². The van der Waals surface area contributed by atoms with Gasteiger partial charge in [-0.1, -0.05) is 0 Å². The van der Waals surface area contributed by atoms with Crippen LogP contribution in [0, 0.1) is 0 Å². The third kappa shape index (κ3) is 4.58. The monoisotopic (exact) mass is 265 g/mol. The van der Waals surface area contributed by atoms with Crippen LogP contribution in [0.25, 0.3) is 0 Å². The molecule has 0 saturated carbocycles. The van der Waals surface area contributed by atoms with Crippen LogP contribution in [0.4, 0.5) is 0 Å². The van der Waals surface area contributed by atoms with Crippen molar-refractivity contribution in [1.29, 1.82) is 0 Å². The summed E-state index contributed by atoms with van der Waals surface area (Å²) in [6, 6.07) is 0. The van der Waals surface area contributed by atoms with Gasteiger partial charge in [0.2, 0.25) is 0 Å². The molecule has 1 aliphatic rings. The molecule has 106 valence electrons. The van der Waals surface area contributed by atoms with E-state index in [1.54, 1.807) is 0 Å². The minimum atomic E-state index is -1.78. The largest absolute Gasteiger partial charge is 0.394 e. The summed E-state index contributed by atoms with van der Waals surface area (Å²) in [5.74, 6) is -0.763. The molecule has 0 bridgehead atoms. The maximum absolute atomic E-state index is 11.5. The van der Waals surface area contributed by atoms with Crippen molar-refractivity contribution in [1.82, 2.24) is 5.06 Å². The first kappa shape index (κ1) is 15.4. The Kier molecular flexibility index (Phi) is 6.65.